The van der Waals surface area contributed by atoms with E-state index in [2.05, 4.69) is 5.32 Å². The molecule has 7 heteroatoms. The molecule has 1 amide bonds. The van der Waals surface area contributed by atoms with Gasteiger partial charge in [-0.25, -0.2) is 0 Å². The van der Waals surface area contributed by atoms with Crippen LogP contribution in [0.15, 0.2) is 40.8 Å². The van der Waals surface area contributed by atoms with E-state index >= 15 is 0 Å². The number of carboxylic acid groups (broad SMARTS) is 1. The molecule has 0 spiro atoms. The largest absolute Gasteiger partial charge is 0.480 e. The smallest absolute Gasteiger partial charge is 0.320 e. The predicted molar refractivity (Wildman–Crippen MR) is 93.2 cm³/mol. The summed E-state index contributed by atoms with van der Waals surface area (Å²) in [7, 11) is 0. The topological polar surface area (TPSA) is 82.8 Å². The third-order valence-corrected chi connectivity index (χ3v) is 4.50. The summed E-state index contributed by atoms with van der Waals surface area (Å²) in [5, 5.41) is 12.6. The Labute approximate surface area is 150 Å². The Balaban J connectivity index is 1.52. The fourth-order valence-corrected chi connectivity index (χ4v) is 3.09. The summed E-state index contributed by atoms with van der Waals surface area (Å²) in [6, 6.07) is 10.4. The molecule has 0 aliphatic carbocycles. The molecule has 6 nitrogen and oxygen atoms in total. The number of hydrogen-bond donors (Lipinski definition) is 2. The van der Waals surface area contributed by atoms with E-state index in [1.54, 1.807) is 23.1 Å². The van der Waals surface area contributed by atoms with E-state index in [0.717, 1.165) is 12.0 Å². The molecule has 1 saturated heterocycles. The van der Waals surface area contributed by atoms with E-state index in [9.17, 15) is 9.59 Å². The van der Waals surface area contributed by atoms with Gasteiger partial charge in [0, 0.05) is 10.6 Å². The van der Waals surface area contributed by atoms with Gasteiger partial charge >= 0.3 is 5.97 Å². The number of halogens is 1. The van der Waals surface area contributed by atoms with Gasteiger partial charge in [-0.1, -0.05) is 11.6 Å². The predicted octanol–water partition coefficient (Wildman–Crippen LogP) is 2.77. The molecule has 0 bridgehead atoms. The van der Waals surface area contributed by atoms with Crippen LogP contribution in [-0.2, 0) is 16.1 Å². The van der Waals surface area contributed by atoms with Crippen LogP contribution in [0.1, 0.15) is 18.6 Å². The number of carbonyl (C=O) groups excluding carboxylic acids is 1. The maximum atomic E-state index is 12.1. The molecular formula is C18H19ClN2O4. The Morgan fingerprint density at radius 3 is 2.72 bits per heavy atom. The molecule has 2 heterocycles. The average Bonchev–Trinajstić information content (AvgIpc) is 3.23. The van der Waals surface area contributed by atoms with Crippen LogP contribution >= 0.6 is 11.6 Å². The molecule has 1 aromatic heterocycles. The number of amides is 1. The molecule has 3 rings (SSSR count). The molecule has 0 saturated carbocycles. The summed E-state index contributed by atoms with van der Waals surface area (Å²) in [4.78, 5) is 24.9. The first-order valence-corrected chi connectivity index (χ1v) is 8.49. The van der Waals surface area contributed by atoms with Gasteiger partial charge in [0.15, 0.2) is 0 Å². The standard InChI is InChI=1S/C18H19ClN2O4/c19-13-5-3-12(4-6-13)16-8-7-14(25-16)10-20-17(22)11-21-9-1-2-15(21)18(23)24/h3-8,15H,1-2,9-11H2,(H,20,22)(H,23,24)/t15-/m0/s1. The van der Waals surface area contributed by atoms with Crippen LogP contribution in [0, 0.1) is 0 Å². The molecule has 2 N–H and O–H groups in total. The first-order valence-electron chi connectivity index (χ1n) is 8.11. The van der Waals surface area contributed by atoms with Crippen LogP contribution < -0.4 is 5.32 Å². The second-order valence-electron chi connectivity index (χ2n) is 6.02. The molecule has 1 atom stereocenters. The quantitative estimate of drug-likeness (QED) is 0.825. The molecule has 132 valence electrons. The van der Waals surface area contributed by atoms with Gasteiger partial charge in [0.1, 0.15) is 17.6 Å². The molecule has 2 aromatic rings. The summed E-state index contributed by atoms with van der Waals surface area (Å²) < 4.78 is 5.72. The molecule has 1 aromatic carbocycles. The minimum atomic E-state index is -0.871. The number of carbonyl (C=O) groups is 2. The monoisotopic (exact) mass is 362 g/mol. The van der Waals surface area contributed by atoms with Crippen molar-refractivity contribution in [2.75, 3.05) is 13.1 Å². The number of hydrogen-bond acceptors (Lipinski definition) is 4. The number of nitrogens with zero attached hydrogens (tertiary/aromatic N) is 1. The Bertz CT molecular complexity index is 757. The number of benzene rings is 1. The van der Waals surface area contributed by atoms with E-state index in [-0.39, 0.29) is 19.0 Å². The van der Waals surface area contributed by atoms with Crippen molar-refractivity contribution < 1.29 is 19.1 Å². The minimum absolute atomic E-state index is 0.0850. The van der Waals surface area contributed by atoms with Gasteiger partial charge in [0.2, 0.25) is 5.91 Å². The Kier molecular flexibility index (Phi) is 5.40. The normalized spacial score (nSPS) is 17.6. The van der Waals surface area contributed by atoms with Gasteiger partial charge in [-0.3, -0.25) is 14.5 Å². The highest BCUT2D eigenvalue weighted by Gasteiger charge is 2.31. The summed E-state index contributed by atoms with van der Waals surface area (Å²) in [6.45, 7) is 0.978. The van der Waals surface area contributed by atoms with Crippen LogP contribution in [0.25, 0.3) is 11.3 Å². The van der Waals surface area contributed by atoms with Crippen LogP contribution in [0.5, 0.6) is 0 Å². The van der Waals surface area contributed by atoms with Crippen molar-refractivity contribution in [2.45, 2.75) is 25.4 Å². The Morgan fingerprint density at radius 2 is 2.00 bits per heavy atom. The number of rotatable bonds is 6. The van der Waals surface area contributed by atoms with E-state index in [4.69, 9.17) is 21.1 Å². The SMILES string of the molecule is O=C(CN1CCC[C@H]1C(=O)O)NCc1ccc(-c2ccc(Cl)cc2)o1. The highest BCUT2D eigenvalue weighted by atomic mass is 35.5. The second kappa shape index (κ2) is 7.72. The van der Waals surface area contributed by atoms with Crippen molar-refractivity contribution in [3.63, 3.8) is 0 Å². The summed E-state index contributed by atoms with van der Waals surface area (Å²) >= 11 is 5.87. The van der Waals surface area contributed by atoms with Gasteiger partial charge < -0.3 is 14.8 Å². The van der Waals surface area contributed by atoms with Gasteiger partial charge in [-0.05, 0) is 55.8 Å². The van der Waals surface area contributed by atoms with E-state index in [1.165, 1.54) is 0 Å². The van der Waals surface area contributed by atoms with Crippen molar-refractivity contribution in [1.82, 2.24) is 10.2 Å². The van der Waals surface area contributed by atoms with Crippen molar-refractivity contribution >= 4 is 23.5 Å². The Morgan fingerprint density at radius 1 is 1.24 bits per heavy atom. The third kappa shape index (κ3) is 4.41. The molecule has 1 fully saturated rings. The summed E-state index contributed by atoms with van der Waals surface area (Å²) in [6.07, 6.45) is 1.39. The molecule has 0 radical (unpaired) electrons. The Hall–Kier alpha value is -2.31. The van der Waals surface area contributed by atoms with Crippen molar-refractivity contribution in [2.24, 2.45) is 0 Å². The maximum Gasteiger partial charge on any atom is 0.320 e. The van der Waals surface area contributed by atoms with Crippen LogP contribution in [0.2, 0.25) is 5.02 Å². The zero-order valence-corrected chi connectivity index (χ0v) is 14.3. The molecule has 0 unspecified atom stereocenters. The first-order chi connectivity index (χ1) is 12.0. The summed E-state index contributed by atoms with van der Waals surface area (Å²) in [5.41, 5.74) is 0.906. The highest BCUT2D eigenvalue weighted by molar-refractivity contribution is 6.30. The zero-order valence-electron chi connectivity index (χ0n) is 13.6. The number of nitrogens with one attached hydrogen (secondary N) is 1. The van der Waals surface area contributed by atoms with Crippen LogP contribution in [-0.4, -0.2) is 41.0 Å². The van der Waals surface area contributed by atoms with Gasteiger partial charge in [-0.2, -0.15) is 0 Å². The lowest BCUT2D eigenvalue weighted by Gasteiger charge is -2.19. The fourth-order valence-electron chi connectivity index (χ4n) is 2.96. The zero-order chi connectivity index (χ0) is 17.8. The number of furan rings is 1. The van der Waals surface area contributed by atoms with Crippen molar-refractivity contribution in [3.8, 4) is 11.3 Å². The van der Waals surface area contributed by atoms with Crippen molar-refractivity contribution in [3.05, 3.63) is 47.2 Å². The maximum absolute atomic E-state index is 12.1. The molecule has 1 aliphatic rings. The second-order valence-corrected chi connectivity index (χ2v) is 6.45. The third-order valence-electron chi connectivity index (χ3n) is 4.25. The number of likely N-dealkylation sites (tertiary alicyclic amines) is 1. The highest BCUT2D eigenvalue weighted by Crippen LogP contribution is 2.23. The van der Waals surface area contributed by atoms with E-state index < -0.39 is 12.0 Å². The molecular weight excluding hydrogens is 344 g/mol. The van der Waals surface area contributed by atoms with E-state index in [0.29, 0.717) is 29.5 Å². The fraction of sp³-hybridized carbons (Fsp3) is 0.333. The summed E-state index contributed by atoms with van der Waals surface area (Å²) in [5.74, 6) is 0.252. The lowest BCUT2D eigenvalue weighted by atomic mass is 10.2. The molecule has 25 heavy (non-hydrogen) atoms. The first kappa shape index (κ1) is 17.5. The van der Waals surface area contributed by atoms with Crippen LogP contribution in [0.4, 0.5) is 0 Å². The van der Waals surface area contributed by atoms with Crippen LogP contribution in [0.3, 0.4) is 0 Å². The van der Waals surface area contributed by atoms with Gasteiger partial charge in [0.05, 0.1) is 13.1 Å². The number of aliphatic carboxylic acids is 1. The van der Waals surface area contributed by atoms with Crippen molar-refractivity contribution in [1.29, 1.82) is 0 Å². The lowest BCUT2D eigenvalue weighted by molar-refractivity contribution is -0.142. The average molecular weight is 363 g/mol. The molecule has 1 aliphatic heterocycles. The lowest BCUT2D eigenvalue weighted by Crippen LogP contribution is -2.42. The van der Waals surface area contributed by atoms with Gasteiger partial charge in [-0.15, -0.1) is 0 Å². The van der Waals surface area contributed by atoms with E-state index in [1.807, 2.05) is 18.2 Å². The van der Waals surface area contributed by atoms with Gasteiger partial charge in [0.25, 0.3) is 0 Å². The number of carboxylic acids is 1. The minimum Gasteiger partial charge on any atom is -0.480 e.